The Labute approximate surface area is 202 Å². The van der Waals surface area contributed by atoms with E-state index in [0.29, 0.717) is 48.6 Å². The largest absolute Gasteiger partial charge is 0.459 e. The highest BCUT2D eigenvalue weighted by molar-refractivity contribution is 6.00. The topological polar surface area (TPSA) is 80.4 Å². The molecule has 1 fully saturated rings. The van der Waals surface area contributed by atoms with Crippen LogP contribution >= 0.6 is 0 Å². The summed E-state index contributed by atoms with van der Waals surface area (Å²) < 4.78 is 20.2. The number of hydrogen-bond donors (Lipinski definition) is 1. The van der Waals surface area contributed by atoms with Crippen molar-refractivity contribution in [3.05, 3.63) is 95.8 Å². The molecule has 3 heterocycles. The maximum Gasteiger partial charge on any atom is 0.289 e. The highest BCUT2D eigenvalue weighted by atomic mass is 19.1. The number of halogens is 1. The van der Waals surface area contributed by atoms with Gasteiger partial charge in [-0.1, -0.05) is 29.8 Å². The lowest BCUT2D eigenvalue weighted by Crippen LogP contribution is -2.46. The summed E-state index contributed by atoms with van der Waals surface area (Å²) in [6.07, 6.45) is 4.44. The van der Waals surface area contributed by atoms with Crippen molar-refractivity contribution in [1.29, 1.82) is 0 Å². The van der Waals surface area contributed by atoms with Gasteiger partial charge >= 0.3 is 0 Å². The average Bonchev–Trinajstić information content (AvgIpc) is 3.56. The molecular formula is C27H25FN4O3. The highest BCUT2D eigenvalue weighted by Gasteiger charge is 2.27. The van der Waals surface area contributed by atoms with Gasteiger partial charge in [-0.25, -0.2) is 9.07 Å². The first-order chi connectivity index (χ1) is 17.0. The number of carbonyl (C=O) groups excluding carboxylic acids is 2. The molecule has 7 nitrogen and oxygen atoms in total. The minimum absolute atomic E-state index is 0.0665. The van der Waals surface area contributed by atoms with Gasteiger partial charge in [0.2, 0.25) is 0 Å². The second-order valence-corrected chi connectivity index (χ2v) is 8.70. The Morgan fingerprint density at radius 2 is 1.74 bits per heavy atom. The van der Waals surface area contributed by atoms with Gasteiger partial charge in [0.1, 0.15) is 11.5 Å². The number of hydrogen-bond acceptors (Lipinski definition) is 4. The minimum atomic E-state index is -0.338. The van der Waals surface area contributed by atoms with Crippen molar-refractivity contribution in [2.75, 3.05) is 13.1 Å². The zero-order valence-corrected chi connectivity index (χ0v) is 19.3. The van der Waals surface area contributed by atoms with E-state index in [-0.39, 0.29) is 23.7 Å². The fourth-order valence-corrected chi connectivity index (χ4v) is 4.24. The lowest BCUT2D eigenvalue weighted by atomic mass is 10.0. The molecule has 2 aromatic carbocycles. The van der Waals surface area contributed by atoms with Crippen molar-refractivity contribution in [3.8, 4) is 16.9 Å². The second kappa shape index (κ2) is 9.58. The number of likely N-dealkylation sites (tertiary alicyclic amines) is 1. The molecule has 2 amide bonds. The second-order valence-electron chi connectivity index (χ2n) is 8.70. The molecule has 0 spiro atoms. The molecule has 4 aromatic rings. The van der Waals surface area contributed by atoms with Crippen LogP contribution in [0.15, 0.2) is 77.5 Å². The smallest absolute Gasteiger partial charge is 0.289 e. The third-order valence-corrected chi connectivity index (χ3v) is 6.22. The normalized spacial score (nSPS) is 14.2. The maximum absolute atomic E-state index is 13.4. The van der Waals surface area contributed by atoms with E-state index in [1.165, 1.54) is 18.4 Å². The molecule has 35 heavy (non-hydrogen) atoms. The minimum Gasteiger partial charge on any atom is -0.459 e. The van der Waals surface area contributed by atoms with Crippen LogP contribution in [0.25, 0.3) is 16.9 Å². The molecule has 0 atom stereocenters. The number of piperidine rings is 1. The first-order valence-electron chi connectivity index (χ1n) is 11.5. The Morgan fingerprint density at radius 1 is 1.03 bits per heavy atom. The van der Waals surface area contributed by atoms with Crippen LogP contribution in [0.5, 0.6) is 0 Å². The summed E-state index contributed by atoms with van der Waals surface area (Å²) in [6.45, 7) is 3.06. The van der Waals surface area contributed by atoms with Gasteiger partial charge in [0.25, 0.3) is 11.8 Å². The highest BCUT2D eigenvalue weighted by Crippen LogP contribution is 2.25. The van der Waals surface area contributed by atoms with E-state index in [9.17, 15) is 14.0 Å². The van der Waals surface area contributed by atoms with Gasteiger partial charge in [0.05, 0.1) is 17.5 Å². The maximum atomic E-state index is 13.4. The number of carbonyl (C=O) groups is 2. The summed E-state index contributed by atoms with van der Waals surface area (Å²) in [5.74, 6) is -0.385. The van der Waals surface area contributed by atoms with Gasteiger partial charge in [-0.15, -0.1) is 0 Å². The fourth-order valence-electron chi connectivity index (χ4n) is 4.24. The molecule has 1 aliphatic rings. The van der Waals surface area contributed by atoms with E-state index in [4.69, 9.17) is 4.42 Å². The van der Waals surface area contributed by atoms with Crippen LogP contribution in [0.4, 0.5) is 4.39 Å². The third kappa shape index (κ3) is 4.87. The number of rotatable bonds is 5. The van der Waals surface area contributed by atoms with Gasteiger partial charge in [0.15, 0.2) is 5.76 Å². The lowest BCUT2D eigenvalue weighted by Gasteiger charge is -2.31. The molecule has 178 valence electrons. The Hall–Kier alpha value is -4.20. The zero-order valence-electron chi connectivity index (χ0n) is 19.3. The van der Waals surface area contributed by atoms with Crippen molar-refractivity contribution in [2.45, 2.75) is 25.8 Å². The molecule has 5 rings (SSSR count). The Morgan fingerprint density at radius 3 is 2.40 bits per heavy atom. The van der Waals surface area contributed by atoms with Crippen LogP contribution in [0.3, 0.4) is 0 Å². The monoisotopic (exact) mass is 472 g/mol. The number of nitrogens with zero attached hydrogens (tertiary/aromatic N) is 3. The van der Waals surface area contributed by atoms with Gasteiger partial charge in [-0.05, 0) is 56.2 Å². The summed E-state index contributed by atoms with van der Waals surface area (Å²) in [4.78, 5) is 27.6. The first kappa shape index (κ1) is 22.6. The Bertz CT molecular complexity index is 1320. The summed E-state index contributed by atoms with van der Waals surface area (Å²) in [5.41, 5.74) is 3.57. The fraction of sp³-hybridized carbons (Fsp3) is 0.222. The number of aromatic nitrogens is 2. The Kier molecular flexibility index (Phi) is 6.18. The Balaban J connectivity index is 1.34. The zero-order chi connectivity index (χ0) is 24.4. The molecule has 0 bridgehead atoms. The molecular weight excluding hydrogens is 447 g/mol. The van der Waals surface area contributed by atoms with Crippen molar-refractivity contribution >= 4 is 11.8 Å². The first-order valence-corrected chi connectivity index (χ1v) is 11.5. The van der Waals surface area contributed by atoms with Crippen LogP contribution in [-0.2, 0) is 0 Å². The van der Waals surface area contributed by atoms with Crippen LogP contribution < -0.4 is 5.32 Å². The lowest BCUT2D eigenvalue weighted by molar-refractivity contribution is 0.0667. The van der Waals surface area contributed by atoms with Crippen molar-refractivity contribution in [3.63, 3.8) is 0 Å². The number of amides is 2. The molecule has 0 unspecified atom stereocenters. The van der Waals surface area contributed by atoms with Gasteiger partial charge in [0, 0.05) is 30.9 Å². The number of aryl methyl sites for hydroxylation is 1. The van der Waals surface area contributed by atoms with Gasteiger partial charge in [-0.2, -0.15) is 5.10 Å². The van der Waals surface area contributed by atoms with Crippen molar-refractivity contribution < 1.29 is 18.4 Å². The van der Waals surface area contributed by atoms with E-state index in [1.54, 1.807) is 40.0 Å². The predicted molar refractivity (Wildman–Crippen MR) is 129 cm³/mol. The number of furan rings is 1. The molecule has 8 heteroatoms. The van der Waals surface area contributed by atoms with Crippen LogP contribution in [0.1, 0.15) is 39.3 Å². The average molecular weight is 473 g/mol. The molecule has 1 aliphatic heterocycles. The summed E-state index contributed by atoms with van der Waals surface area (Å²) in [5, 5.41) is 7.77. The molecule has 0 radical (unpaired) electrons. The standard InChI is InChI=1S/C27H25FN4O3/c1-18-4-6-19(7-5-18)25-23(17-32(30-25)22-10-8-20(28)9-11-22)26(33)29-21-12-14-31(15-13-21)27(34)24-3-2-16-35-24/h2-11,16-17,21H,12-15H2,1H3,(H,29,33). The molecule has 0 aliphatic carbocycles. The summed E-state index contributed by atoms with van der Waals surface area (Å²) >= 11 is 0. The van der Waals surface area contributed by atoms with Crippen molar-refractivity contribution in [1.82, 2.24) is 20.0 Å². The van der Waals surface area contributed by atoms with E-state index in [0.717, 1.165) is 11.1 Å². The van der Waals surface area contributed by atoms with E-state index < -0.39 is 0 Å². The van der Waals surface area contributed by atoms with Crippen LogP contribution in [0, 0.1) is 12.7 Å². The van der Waals surface area contributed by atoms with E-state index in [1.807, 2.05) is 31.2 Å². The number of nitrogens with one attached hydrogen (secondary N) is 1. The summed E-state index contributed by atoms with van der Waals surface area (Å²) in [7, 11) is 0. The number of benzene rings is 2. The van der Waals surface area contributed by atoms with Gasteiger partial charge < -0.3 is 14.6 Å². The van der Waals surface area contributed by atoms with Crippen LogP contribution in [0.2, 0.25) is 0 Å². The third-order valence-electron chi connectivity index (χ3n) is 6.22. The molecule has 2 aromatic heterocycles. The van der Waals surface area contributed by atoms with E-state index >= 15 is 0 Å². The van der Waals surface area contributed by atoms with Crippen LogP contribution in [-0.4, -0.2) is 45.6 Å². The van der Waals surface area contributed by atoms with Gasteiger partial charge in [-0.3, -0.25) is 9.59 Å². The van der Waals surface area contributed by atoms with E-state index in [2.05, 4.69) is 10.4 Å². The molecule has 1 saturated heterocycles. The predicted octanol–water partition coefficient (Wildman–Crippen LogP) is 4.61. The van der Waals surface area contributed by atoms with Crippen molar-refractivity contribution in [2.24, 2.45) is 0 Å². The summed E-state index contributed by atoms with van der Waals surface area (Å²) in [6, 6.07) is 17.1. The SMILES string of the molecule is Cc1ccc(-c2nn(-c3ccc(F)cc3)cc2C(=O)NC2CCN(C(=O)c3ccco3)CC2)cc1. The molecule has 1 N–H and O–H groups in total. The quantitative estimate of drug-likeness (QED) is 0.460. The molecule has 0 saturated carbocycles.